The Morgan fingerprint density at radius 2 is 1.64 bits per heavy atom. The van der Waals surface area contributed by atoms with E-state index in [2.05, 4.69) is 6.07 Å². The molecule has 0 saturated carbocycles. The number of hydrogen-bond donors (Lipinski definition) is 0. The maximum Gasteiger partial charge on any atom is 0.254 e. The van der Waals surface area contributed by atoms with Crippen LogP contribution >= 0.6 is 0 Å². The van der Waals surface area contributed by atoms with Gasteiger partial charge in [0, 0.05) is 37.8 Å². The fourth-order valence-electron chi connectivity index (χ4n) is 2.95. The van der Waals surface area contributed by atoms with Crippen molar-refractivity contribution >= 4 is 17.9 Å². The molecule has 0 radical (unpaired) electrons. The summed E-state index contributed by atoms with van der Waals surface area (Å²) in [6, 6.07) is 12.1. The molecule has 0 unspecified atom stereocenters. The lowest BCUT2D eigenvalue weighted by Gasteiger charge is -2.34. The third kappa shape index (κ3) is 4.23. The average molecular weight is 381 g/mol. The molecule has 28 heavy (non-hydrogen) atoms. The van der Waals surface area contributed by atoms with Gasteiger partial charge >= 0.3 is 0 Å². The summed E-state index contributed by atoms with van der Waals surface area (Å²) in [6.07, 6.45) is 3.00. The summed E-state index contributed by atoms with van der Waals surface area (Å²) < 4.78 is 26.3. The summed E-state index contributed by atoms with van der Waals surface area (Å²) in [5.74, 6) is -2.68. The van der Waals surface area contributed by atoms with Crippen molar-refractivity contribution in [3.8, 4) is 6.07 Å². The maximum atomic E-state index is 13.3. The van der Waals surface area contributed by atoms with Crippen LogP contribution in [0.1, 0.15) is 21.5 Å². The minimum Gasteiger partial charge on any atom is -0.336 e. The van der Waals surface area contributed by atoms with Crippen molar-refractivity contribution in [2.45, 2.75) is 0 Å². The molecule has 2 amide bonds. The zero-order chi connectivity index (χ0) is 20.1. The van der Waals surface area contributed by atoms with Crippen molar-refractivity contribution < 1.29 is 18.4 Å². The van der Waals surface area contributed by atoms with Crippen LogP contribution in [0.5, 0.6) is 0 Å². The molecule has 0 spiro atoms. The van der Waals surface area contributed by atoms with Gasteiger partial charge in [-0.2, -0.15) is 5.26 Å². The molecule has 2 aromatic carbocycles. The highest BCUT2D eigenvalue weighted by Gasteiger charge is 2.24. The predicted molar refractivity (Wildman–Crippen MR) is 99.0 cm³/mol. The minimum absolute atomic E-state index is 0.0756. The molecule has 0 aromatic heterocycles. The molecule has 142 valence electrons. The van der Waals surface area contributed by atoms with Gasteiger partial charge in [-0.15, -0.1) is 0 Å². The van der Waals surface area contributed by atoms with Crippen LogP contribution < -0.4 is 0 Å². The Morgan fingerprint density at radius 1 is 0.964 bits per heavy atom. The van der Waals surface area contributed by atoms with Crippen LogP contribution in [0.25, 0.3) is 6.08 Å². The second-order valence-corrected chi connectivity index (χ2v) is 6.28. The second kappa shape index (κ2) is 8.44. The minimum atomic E-state index is -1.07. The molecule has 0 N–H and O–H groups in total. The average Bonchev–Trinajstić information content (AvgIpc) is 2.73. The molecular formula is C21H17F2N3O2. The normalized spacial score (nSPS) is 14.2. The van der Waals surface area contributed by atoms with E-state index in [1.54, 1.807) is 35.2 Å². The van der Waals surface area contributed by atoms with E-state index in [1.807, 2.05) is 0 Å². The van der Waals surface area contributed by atoms with E-state index in [0.717, 1.165) is 12.1 Å². The molecule has 1 aliphatic rings. The van der Waals surface area contributed by atoms with Gasteiger partial charge in [0.2, 0.25) is 5.91 Å². The van der Waals surface area contributed by atoms with Gasteiger partial charge in [-0.05, 0) is 35.9 Å². The summed E-state index contributed by atoms with van der Waals surface area (Å²) in [7, 11) is 0. The van der Waals surface area contributed by atoms with E-state index < -0.39 is 17.5 Å². The summed E-state index contributed by atoms with van der Waals surface area (Å²) in [5, 5.41) is 9.08. The number of hydrogen-bond acceptors (Lipinski definition) is 3. The van der Waals surface area contributed by atoms with E-state index in [0.29, 0.717) is 37.3 Å². The zero-order valence-corrected chi connectivity index (χ0v) is 14.9. The van der Waals surface area contributed by atoms with Gasteiger partial charge in [0.05, 0.1) is 11.6 Å². The highest BCUT2D eigenvalue weighted by atomic mass is 19.2. The first kappa shape index (κ1) is 19.2. The Hall–Kier alpha value is -3.53. The number of carbonyl (C=O) groups is 2. The summed E-state index contributed by atoms with van der Waals surface area (Å²) in [4.78, 5) is 27.9. The Balaban J connectivity index is 1.59. The lowest BCUT2D eigenvalue weighted by atomic mass is 10.1. The molecule has 2 aromatic rings. The quantitative estimate of drug-likeness (QED) is 0.768. The smallest absolute Gasteiger partial charge is 0.254 e. The Labute approximate surface area is 161 Å². The summed E-state index contributed by atoms with van der Waals surface area (Å²) in [5.41, 5.74) is 1.21. The second-order valence-electron chi connectivity index (χ2n) is 6.28. The predicted octanol–water partition coefficient (Wildman–Crippen LogP) is 2.83. The number of amides is 2. The topological polar surface area (TPSA) is 64.4 Å². The van der Waals surface area contributed by atoms with Crippen LogP contribution in [0.4, 0.5) is 8.78 Å². The number of halogens is 2. The van der Waals surface area contributed by atoms with Crippen LogP contribution in [-0.4, -0.2) is 47.8 Å². The van der Waals surface area contributed by atoms with E-state index in [1.165, 1.54) is 17.0 Å². The van der Waals surface area contributed by atoms with Gasteiger partial charge in [0.25, 0.3) is 5.91 Å². The van der Waals surface area contributed by atoms with E-state index in [9.17, 15) is 18.4 Å². The molecule has 7 heteroatoms. The number of piperazine rings is 1. The van der Waals surface area contributed by atoms with Crippen LogP contribution in [-0.2, 0) is 4.79 Å². The highest BCUT2D eigenvalue weighted by molar-refractivity contribution is 5.95. The van der Waals surface area contributed by atoms with E-state index >= 15 is 0 Å². The molecule has 5 nitrogen and oxygen atoms in total. The van der Waals surface area contributed by atoms with Gasteiger partial charge in [-0.25, -0.2) is 8.78 Å². The Kier molecular flexibility index (Phi) is 5.80. The molecular weight excluding hydrogens is 364 g/mol. The van der Waals surface area contributed by atoms with Gasteiger partial charge in [0.15, 0.2) is 11.6 Å². The van der Waals surface area contributed by atoms with Crippen molar-refractivity contribution in [1.82, 2.24) is 9.80 Å². The number of nitrogens with zero attached hydrogens (tertiary/aromatic N) is 3. The zero-order valence-electron chi connectivity index (χ0n) is 14.9. The number of carbonyl (C=O) groups excluding carboxylic acids is 2. The van der Waals surface area contributed by atoms with Crippen molar-refractivity contribution in [2.75, 3.05) is 26.2 Å². The van der Waals surface area contributed by atoms with E-state index in [4.69, 9.17) is 5.26 Å². The van der Waals surface area contributed by atoms with E-state index in [-0.39, 0.29) is 11.5 Å². The van der Waals surface area contributed by atoms with Crippen LogP contribution in [0, 0.1) is 23.0 Å². The van der Waals surface area contributed by atoms with Crippen LogP contribution in [0.2, 0.25) is 0 Å². The Bertz CT molecular complexity index is 974. The third-order valence-electron chi connectivity index (χ3n) is 4.53. The third-order valence-corrected chi connectivity index (χ3v) is 4.53. The highest BCUT2D eigenvalue weighted by Crippen LogP contribution is 2.14. The first-order valence-electron chi connectivity index (χ1n) is 8.70. The first-order chi connectivity index (χ1) is 13.5. The molecule has 1 saturated heterocycles. The standard InChI is InChI=1S/C21H17F2N3O2/c22-18-7-5-16(13-19(18)23)21(28)26-11-9-25(10-12-26)20(27)8-6-15-3-1-2-4-17(15)14-24/h1-8,13H,9-12H2/b8-6+. The molecule has 1 heterocycles. The number of rotatable bonds is 3. The molecule has 3 rings (SSSR count). The van der Waals surface area contributed by atoms with Crippen molar-refractivity contribution in [2.24, 2.45) is 0 Å². The molecule has 0 aliphatic carbocycles. The maximum absolute atomic E-state index is 13.3. The summed E-state index contributed by atoms with van der Waals surface area (Å²) >= 11 is 0. The van der Waals surface area contributed by atoms with Crippen molar-refractivity contribution in [3.63, 3.8) is 0 Å². The largest absolute Gasteiger partial charge is 0.336 e. The number of nitriles is 1. The molecule has 1 fully saturated rings. The molecule has 0 atom stereocenters. The van der Waals surface area contributed by atoms with Crippen molar-refractivity contribution in [1.29, 1.82) is 5.26 Å². The summed E-state index contributed by atoms with van der Waals surface area (Å²) in [6.45, 7) is 1.26. The first-order valence-corrected chi connectivity index (χ1v) is 8.70. The number of benzene rings is 2. The van der Waals surface area contributed by atoms with Crippen LogP contribution in [0.15, 0.2) is 48.5 Å². The SMILES string of the molecule is N#Cc1ccccc1/C=C/C(=O)N1CCN(C(=O)c2ccc(F)c(F)c2)CC1. The lowest BCUT2D eigenvalue weighted by molar-refractivity contribution is -0.127. The molecule has 1 aliphatic heterocycles. The fourth-order valence-corrected chi connectivity index (χ4v) is 2.95. The van der Waals surface area contributed by atoms with Gasteiger partial charge in [0.1, 0.15) is 0 Å². The fraction of sp³-hybridized carbons (Fsp3) is 0.190. The van der Waals surface area contributed by atoms with Gasteiger partial charge in [-0.1, -0.05) is 18.2 Å². The lowest BCUT2D eigenvalue weighted by Crippen LogP contribution is -2.50. The van der Waals surface area contributed by atoms with Crippen LogP contribution in [0.3, 0.4) is 0 Å². The Morgan fingerprint density at radius 3 is 2.32 bits per heavy atom. The molecule has 0 bridgehead atoms. The van der Waals surface area contributed by atoms with Gasteiger partial charge < -0.3 is 9.80 Å². The monoisotopic (exact) mass is 381 g/mol. The van der Waals surface area contributed by atoms with Crippen molar-refractivity contribution in [3.05, 3.63) is 76.9 Å². The van der Waals surface area contributed by atoms with Gasteiger partial charge in [-0.3, -0.25) is 9.59 Å².